The van der Waals surface area contributed by atoms with Crippen molar-refractivity contribution in [2.24, 2.45) is 0 Å². The van der Waals surface area contributed by atoms with Gasteiger partial charge in [-0.3, -0.25) is 10.1 Å². The van der Waals surface area contributed by atoms with E-state index >= 15 is 0 Å². The van der Waals surface area contributed by atoms with Gasteiger partial charge in [0.15, 0.2) is 9.79 Å². The molecule has 0 aromatic heterocycles. The molecular formula is C53H64F6NO2PS. The van der Waals surface area contributed by atoms with Crippen molar-refractivity contribution in [3.05, 3.63) is 148 Å². The SMILES string of the molecule is CCCCCCCCCCC1(CCCCCCCCCC)c2cc(/C=C/c3ccc(-c4ccc([SH+]c5ccccc5)cc4)cc3)ccc2-c2ccc([N+](=O)[O-])cc21.F[P-](F)(F)(F)(F)F. The number of unbranched alkanes of at least 4 members (excludes halogenated alkanes) is 14. The van der Waals surface area contributed by atoms with E-state index in [0.29, 0.717) is 0 Å². The number of rotatable bonds is 24. The van der Waals surface area contributed by atoms with Crippen molar-refractivity contribution in [3.8, 4) is 22.3 Å². The number of halogens is 6. The van der Waals surface area contributed by atoms with Crippen molar-refractivity contribution in [1.82, 2.24) is 0 Å². The third-order valence-corrected chi connectivity index (χ3v) is 13.2. The van der Waals surface area contributed by atoms with Crippen LogP contribution >= 0.6 is 7.81 Å². The van der Waals surface area contributed by atoms with Crippen LogP contribution in [0.3, 0.4) is 0 Å². The van der Waals surface area contributed by atoms with E-state index in [0.717, 1.165) is 25.7 Å². The monoisotopic (exact) mass is 923 g/mol. The van der Waals surface area contributed by atoms with Crippen LogP contribution in [-0.4, -0.2) is 4.92 Å². The number of nitrogens with zero attached hydrogens (tertiary/aromatic N) is 1. The third-order valence-electron chi connectivity index (χ3n) is 12.1. The molecule has 0 unspecified atom stereocenters. The Balaban J connectivity index is 0.00000102. The Labute approximate surface area is 380 Å². The standard InChI is InChI=1S/C53H63NO2S.F6P/c1-3-5-7-9-11-13-15-20-38-53(39-21-16-14-12-10-8-6-4-2)51-40-43(28-36-49(51)50-37-33-46(54(55)56)41-52(50)53)25-24-42-26-29-44(30-27-42)45-31-34-48(35-32-45)57-47-22-18-17-19-23-47;1-7(2,3,4,5)6/h17-19,22-37,40-41H,3-16,20-21,38-39H2,1-2H3;/q;-1/p+1/b25-24+;. The zero-order valence-electron chi connectivity index (χ0n) is 37.3. The quantitative estimate of drug-likeness (QED) is 0.00904. The Morgan fingerprint density at radius 2 is 0.922 bits per heavy atom. The average molecular weight is 924 g/mol. The fourth-order valence-electron chi connectivity index (χ4n) is 8.86. The van der Waals surface area contributed by atoms with Crippen molar-refractivity contribution in [2.45, 2.75) is 145 Å². The van der Waals surface area contributed by atoms with Crippen molar-refractivity contribution >= 4 is 37.4 Å². The van der Waals surface area contributed by atoms with Crippen LogP contribution in [0.2, 0.25) is 0 Å². The molecule has 0 spiro atoms. The van der Waals surface area contributed by atoms with Gasteiger partial charge in [-0.05, 0) is 99.8 Å². The first-order chi connectivity index (χ1) is 30.5. The fourth-order valence-corrected chi connectivity index (χ4v) is 9.78. The molecule has 0 heterocycles. The predicted molar refractivity (Wildman–Crippen MR) is 260 cm³/mol. The number of hydrogen-bond donors (Lipinski definition) is 0. The first-order valence-electron chi connectivity index (χ1n) is 23.1. The molecule has 0 aliphatic heterocycles. The zero-order chi connectivity index (χ0) is 46.1. The number of thiol groups is 1. The molecule has 64 heavy (non-hydrogen) atoms. The van der Waals surface area contributed by atoms with Crippen LogP contribution < -0.4 is 0 Å². The summed E-state index contributed by atoms with van der Waals surface area (Å²) < 4.78 is 59.2. The molecule has 1 aliphatic carbocycles. The number of fused-ring (bicyclic) bond motifs is 3. The van der Waals surface area contributed by atoms with Crippen LogP contribution in [-0.2, 0) is 17.2 Å². The summed E-state index contributed by atoms with van der Waals surface area (Å²) >= 11 is 1.22. The van der Waals surface area contributed by atoms with E-state index in [9.17, 15) is 35.3 Å². The molecule has 5 aromatic rings. The van der Waals surface area contributed by atoms with E-state index in [4.69, 9.17) is 0 Å². The van der Waals surface area contributed by atoms with Gasteiger partial charge in [-0.15, -0.1) is 0 Å². The molecule has 0 saturated heterocycles. The van der Waals surface area contributed by atoms with E-state index in [-0.39, 0.29) is 16.0 Å². The number of nitro groups is 1. The van der Waals surface area contributed by atoms with E-state index in [1.807, 2.05) is 12.1 Å². The van der Waals surface area contributed by atoms with E-state index in [1.54, 1.807) is 6.07 Å². The van der Waals surface area contributed by atoms with Gasteiger partial charge in [-0.1, -0.05) is 189 Å². The molecule has 0 bridgehead atoms. The molecule has 0 N–H and O–H groups in total. The summed E-state index contributed by atoms with van der Waals surface area (Å²) in [7, 11) is -10.7. The fraction of sp³-hybridized carbons (Fsp3) is 0.396. The second kappa shape index (κ2) is 22.7. The molecule has 5 aromatic carbocycles. The predicted octanol–water partition coefficient (Wildman–Crippen LogP) is 19.4. The minimum absolute atomic E-state index is 0.206. The van der Waals surface area contributed by atoms with Crippen molar-refractivity contribution in [1.29, 1.82) is 0 Å². The average Bonchev–Trinajstić information content (AvgIpc) is 3.52. The van der Waals surface area contributed by atoms with Gasteiger partial charge in [0.05, 0.1) is 4.92 Å². The minimum atomic E-state index is -10.7. The molecular weight excluding hydrogens is 860 g/mol. The van der Waals surface area contributed by atoms with Gasteiger partial charge in [0, 0.05) is 29.3 Å². The Bertz CT molecular complexity index is 2230. The number of nitro benzene ring substituents is 1. The summed E-state index contributed by atoms with van der Waals surface area (Å²) in [4.78, 5) is 14.5. The molecule has 3 nitrogen and oxygen atoms in total. The molecule has 0 fully saturated rings. The summed E-state index contributed by atoms with van der Waals surface area (Å²) in [5, 5.41) is 12.1. The van der Waals surface area contributed by atoms with Gasteiger partial charge >= 0.3 is 33.0 Å². The maximum absolute atomic E-state index is 12.1. The molecule has 0 amide bonds. The first kappa shape index (κ1) is 50.6. The normalized spacial score (nSPS) is 14.0. The van der Waals surface area contributed by atoms with Gasteiger partial charge < -0.3 is 0 Å². The van der Waals surface area contributed by atoms with Crippen LogP contribution in [0.1, 0.15) is 152 Å². The molecule has 11 heteroatoms. The molecule has 1 aliphatic rings. The summed E-state index contributed by atoms with van der Waals surface area (Å²) in [5.41, 5.74) is 9.80. The molecule has 0 radical (unpaired) electrons. The topological polar surface area (TPSA) is 43.1 Å². The van der Waals surface area contributed by atoms with Crippen LogP contribution in [0.25, 0.3) is 34.4 Å². The van der Waals surface area contributed by atoms with Crippen LogP contribution in [0, 0.1) is 10.1 Å². The molecule has 346 valence electrons. The van der Waals surface area contributed by atoms with Gasteiger partial charge in [0.1, 0.15) is 0 Å². The van der Waals surface area contributed by atoms with Crippen LogP contribution in [0.4, 0.5) is 30.9 Å². The van der Waals surface area contributed by atoms with Crippen molar-refractivity contribution in [3.63, 3.8) is 0 Å². The second-order valence-electron chi connectivity index (χ2n) is 17.2. The van der Waals surface area contributed by atoms with Gasteiger partial charge in [0.2, 0.25) is 0 Å². The molecule has 0 saturated carbocycles. The Morgan fingerprint density at radius 1 is 0.516 bits per heavy atom. The number of hydrogen-bond acceptors (Lipinski definition) is 2. The Hall–Kier alpha value is -4.40. The van der Waals surface area contributed by atoms with Crippen molar-refractivity contribution < 1.29 is 30.1 Å². The van der Waals surface area contributed by atoms with Crippen LogP contribution in [0.5, 0.6) is 0 Å². The van der Waals surface area contributed by atoms with Gasteiger partial charge in [-0.25, -0.2) is 0 Å². The van der Waals surface area contributed by atoms with Crippen LogP contribution in [0.15, 0.2) is 125 Å². The Kier molecular flexibility index (Phi) is 17.9. The van der Waals surface area contributed by atoms with E-state index < -0.39 is 7.81 Å². The zero-order valence-corrected chi connectivity index (χ0v) is 39.1. The number of benzene rings is 5. The van der Waals surface area contributed by atoms with Gasteiger partial charge in [-0.2, -0.15) is 0 Å². The Morgan fingerprint density at radius 3 is 1.42 bits per heavy atom. The maximum atomic E-state index is 12.1. The summed E-state index contributed by atoms with van der Waals surface area (Å²) in [6.45, 7) is 4.55. The first-order valence-corrected chi connectivity index (χ1v) is 26.0. The van der Waals surface area contributed by atoms with Crippen molar-refractivity contribution in [2.75, 3.05) is 0 Å². The summed E-state index contributed by atoms with van der Waals surface area (Å²) in [6, 6.07) is 40.9. The van der Waals surface area contributed by atoms with Gasteiger partial charge in [0.25, 0.3) is 5.69 Å². The summed E-state index contributed by atoms with van der Waals surface area (Å²) in [5.74, 6) is 0. The number of non-ortho nitro benzene ring substituents is 1. The second-order valence-corrected chi connectivity index (χ2v) is 20.4. The molecule has 0 atom stereocenters. The van der Waals surface area contributed by atoms with E-state index in [1.165, 1.54) is 156 Å². The third kappa shape index (κ3) is 16.9. The molecule has 6 rings (SSSR count). The van der Waals surface area contributed by atoms with E-state index in [2.05, 4.69) is 123 Å². The summed E-state index contributed by atoms with van der Waals surface area (Å²) in [6.07, 6.45) is 27.0.